The molecule has 2 nitrogen and oxygen atoms in total. The highest BCUT2D eigenvalue weighted by Crippen LogP contribution is 2.54. The van der Waals surface area contributed by atoms with Crippen LogP contribution in [0.1, 0.15) is 29.0 Å². The number of para-hydroxylation sites is 2. The van der Waals surface area contributed by atoms with Crippen molar-refractivity contribution in [1.29, 1.82) is 0 Å². The van der Waals surface area contributed by atoms with E-state index in [9.17, 15) is 0 Å². The summed E-state index contributed by atoms with van der Waals surface area (Å²) in [5.41, 5.74) is 12.3. The van der Waals surface area contributed by atoms with Crippen molar-refractivity contribution in [3.05, 3.63) is 199 Å². The maximum atomic E-state index is 6.66. The molecule has 0 spiro atoms. The second-order valence-electron chi connectivity index (χ2n) is 14.7. The Morgan fingerprint density at radius 1 is 0.574 bits per heavy atom. The fraction of sp³-hybridized carbons (Fsp3) is 0.0980. The summed E-state index contributed by atoms with van der Waals surface area (Å²) in [5.74, 6) is 0.440. The Kier molecular flexibility index (Phi) is 7.41. The summed E-state index contributed by atoms with van der Waals surface area (Å²) in [5, 5.41) is 5.01. The van der Waals surface area contributed by atoms with Crippen molar-refractivity contribution in [3.8, 4) is 11.1 Å². The standard InChI is InChI=1S/C51H37NOS/c1-4-15-33(16-5-1)38-29-27-35-31-45-51(40-22-10-12-25-44(40)53-45)49(34-17-6-2-7-18-34)48(35)41-23-14-24-43(50(38)41)52(36-19-8-3-9-20-36)37-28-30-47-42(32-37)39-21-11-13-26-46(39)54-47/h1-26,28,30-32,38,43,50H,27,29H2. The van der Waals surface area contributed by atoms with Crippen LogP contribution < -0.4 is 4.90 Å². The highest BCUT2D eigenvalue weighted by Gasteiger charge is 2.41. The molecule has 2 aromatic heterocycles. The van der Waals surface area contributed by atoms with Crippen LogP contribution in [0.25, 0.3) is 58.8 Å². The van der Waals surface area contributed by atoms with Crippen LogP contribution in [0.5, 0.6) is 0 Å². The largest absolute Gasteiger partial charge is 0.456 e. The van der Waals surface area contributed by atoms with Gasteiger partial charge in [0.25, 0.3) is 0 Å². The third-order valence-corrected chi connectivity index (χ3v) is 12.9. The van der Waals surface area contributed by atoms with E-state index in [0.717, 1.165) is 24.0 Å². The van der Waals surface area contributed by atoms with Crippen LogP contribution in [0.3, 0.4) is 0 Å². The molecule has 3 atom stereocenters. The number of hydrogen-bond donors (Lipinski definition) is 0. The maximum absolute atomic E-state index is 6.66. The van der Waals surface area contributed by atoms with Gasteiger partial charge >= 0.3 is 0 Å². The van der Waals surface area contributed by atoms with Gasteiger partial charge in [-0.05, 0) is 95.1 Å². The molecule has 2 aliphatic rings. The molecule has 11 rings (SSSR count). The van der Waals surface area contributed by atoms with E-state index in [1.54, 1.807) is 0 Å². The minimum atomic E-state index is 0.0475. The van der Waals surface area contributed by atoms with Crippen LogP contribution in [0.2, 0.25) is 0 Å². The molecule has 0 amide bonds. The molecule has 2 aliphatic carbocycles. The number of hydrogen-bond acceptors (Lipinski definition) is 3. The Morgan fingerprint density at radius 2 is 1.28 bits per heavy atom. The van der Waals surface area contributed by atoms with Gasteiger partial charge < -0.3 is 9.32 Å². The topological polar surface area (TPSA) is 16.4 Å². The Bertz CT molecular complexity index is 2900. The normalized spacial score (nSPS) is 18.1. The number of anilines is 2. The zero-order valence-electron chi connectivity index (χ0n) is 29.7. The number of nitrogens with zero attached hydrogens (tertiary/aromatic N) is 1. The molecule has 258 valence electrons. The predicted molar refractivity (Wildman–Crippen MR) is 229 cm³/mol. The van der Waals surface area contributed by atoms with Gasteiger partial charge in [-0.1, -0.05) is 133 Å². The lowest BCUT2D eigenvalue weighted by molar-refractivity contribution is 0.452. The number of benzene rings is 7. The SMILES string of the molecule is C1=CC(N(c2ccccc2)c2ccc3sc4ccccc4c3c2)C2C(=C1)c1c(cc3oc4ccccc4c3c1-c1ccccc1)CCC2c1ccccc1. The van der Waals surface area contributed by atoms with Crippen LogP contribution >= 0.6 is 11.3 Å². The van der Waals surface area contributed by atoms with Crippen LogP contribution in [-0.2, 0) is 6.42 Å². The van der Waals surface area contributed by atoms with Gasteiger partial charge in [0.15, 0.2) is 0 Å². The van der Waals surface area contributed by atoms with Gasteiger partial charge in [-0.25, -0.2) is 0 Å². The smallest absolute Gasteiger partial charge is 0.136 e. The molecule has 0 fully saturated rings. The van der Waals surface area contributed by atoms with Crippen molar-refractivity contribution in [1.82, 2.24) is 0 Å². The van der Waals surface area contributed by atoms with E-state index < -0.39 is 0 Å². The summed E-state index contributed by atoms with van der Waals surface area (Å²) < 4.78 is 9.31. The number of thiophene rings is 1. The van der Waals surface area contributed by atoms with Gasteiger partial charge in [0, 0.05) is 53.8 Å². The van der Waals surface area contributed by atoms with Crippen LogP contribution in [0, 0.1) is 5.92 Å². The summed E-state index contributed by atoms with van der Waals surface area (Å²) in [6.45, 7) is 0. The minimum absolute atomic E-state index is 0.0475. The van der Waals surface area contributed by atoms with Gasteiger partial charge in [0.1, 0.15) is 11.2 Å². The van der Waals surface area contributed by atoms with Crippen molar-refractivity contribution >= 4 is 70.4 Å². The molecule has 54 heavy (non-hydrogen) atoms. The van der Waals surface area contributed by atoms with E-state index in [2.05, 4.69) is 187 Å². The van der Waals surface area contributed by atoms with Gasteiger partial charge in [-0.2, -0.15) is 0 Å². The number of rotatable bonds is 5. The van der Waals surface area contributed by atoms with Crippen molar-refractivity contribution in [2.75, 3.05) is 4.90 Å². The molecule has 0 aliphatic heterocycles. The monoisotopic (exact) mass is 711 g/mol. The molecule has 7 aromatic carbocycles. The van der Waals surface area contributed by atoms with Crippen LogP contribution in [-0.4, -0.2) is 6.04 Å². The van der Waals surface area contributed by atoms with E-state index in [-0.39, 0.29) is 17.9 Å². The Labute approximate surface area is 318 Å². The van der Waals surface area contributed by atoms with Gasteiger partial charge in [0.05, 0.1) is 6.04 Å². The zero-order valence-corrected chi connectivity index (χ0v) is 30.5. The van der Waals surface area contributed by atoms with E-state index in [0.29, 0.717) is 0 Å². The summed E-state index contributed by atoms with van der Waals surface area (Å²) >= 11 is 1.88. The highest BCUT2D eigenvalue weighted by molar-refractivity contribution is 7.25. The van der Waals surface area contributed by atoms with Crippen LogP contribution in [0.4, 0.5) is 11.4 Å². The summed E-state index contributed by atoms with van der Waals surface area (Å²) in [6.07, 6.45) is 9.21. The first-order valence-electron chi connectivity index (χ1n) is 19.0. The summed E-state index contributed by atoms with van der Waals surface area (Å²) in [4.78, 5) is 2.62. The fourth-order valence-electron chi connectivity index (χ4n) is 9.51. The highest BCUT2D eigenvalue weighted by atomic mass is 32.1. The second kappa shape index (κ2) is 12.8. The zero-order chi connectivity index (χ0) is 35.6. The Hall–Kier alpha value is -6.16. The lowest BCUT2D eigenvalue weighted by atomic mass is 9.71. The van der Waals surface area contributed by atoms with E-state index in [1.807, 2.05) is 11.3 Å². The third-order valence-electron chi connectivity index (χ3n) is 11.8. The first kappa shape index (κ1) is 31.4. The van der Waals surface area contributed by atoms with Crippen molar-refractivity contribution in [2.24, 2.45) is 5.92 Å². The average molecular weight is 712 g/mol. The molecule has 0 radical (unpaired) electrons. The third kappa shape index (κ3) is 4.99. The molecule has 0 bridgehead atoms. The summed E-state index contributed by atoms with van der Waals surface area (Å²) in [6, 6.07) is 60.2. The Morgan fingerprint density at radius 3 is 2.11 bits per heavy atom. The molecule has 0 saturated heterocycles. The molecular weight excluding hydrogens is 675 g/mol. The first-order chi connectivity index (χ1) is 26.8. The molecule has 0 saturated carbocycles. The second-order valence-corrected chi connectivity index (χ2v) is 15.8. The van der Waals surface area contributed by atoms with Crippen molar-refractivity contribution < 1.29 is 4.42 Å². The maximum Gasteiger partial charge on any atom is 0.136 e. The summed E-state index contributed by atoms with van der Waals surface area (Å²) in [7, 11) is 0. The number of furan rings is 1. The number of fused-ring (bicyclic) bond motifs is 9. The van der Waals surface area contributed by atoms with Crippen LogP contribution in [0.15, 0.2) is 186 Å². The molecule has 0 N–H and O–H groups in total. The molecule has 3 unspecified atom stereocenters. The first-order valence-corrected chi connectivity index (χ1v) is 19.8. The lowest BCUT2D eigenvalue weighted by Crippen LogP contribution is -2.40. The fourth-order valence-corrected chi connectivity index (χ4v) is 10.6. The van der Waals surface area contributed by atoms with Crippen molar-refractivity contribution in [3.63, 3.8) is 0 Å². The number of allylic oxidation sites excluding steroid dienone is 2. The number of aryl methyl sites for hydroxylation is 1. The molecule has 2 heterocycles. The van der Waals surface area contributed by atoms with E-state index in [1.165, 1.54) is 75.7 Å². The van der Waals surface area contributed by atoms with E-state index in [4.69, 9.17) is 4.42 Å². The predicted octanol–water partition coefficient (Wildman–Crippen LogP) is 14.1. The average Bonchev–Trinajstić information content (AvgIpc) is 3.74. The molecule has 3 heteroatoms. The quantitative estimate of drug-likeness (QED) is 0.177. The Balaban J connectivity index is 1.18. The lowest BCUT2D eigenvalue weighted by Gasteiger charge is -2.43. The van der Waals surface area contributed by atoms with Gasteiger partial charge in [-0.15, -0.1) is 11.3 Å². The minimum Gasteiger partial charge on any atom is -0.456 e. The molecular formula is C51H37NOS. The molecule has 9 aromatic rings. The van der Waals surface area contributed by atoms with E-state index >= 15 is 0 Å². The van der Waals surface area contributed by atoms with Gasteiger partial charge in [0.2, 0.25) is 0 Å². The van der Waals surface area contributed by atoms with Gasteiger partial charge in [-0.3, -0.25) is 0 Å². The van der Waals surface area contributed by atoms with Crippen molar-refractivity contribution in [2.45, 2.75) is 24.8 Å².